The lowest BCUT2D eigenvalue weighted by molar-refractivity contribution is 1.18. The smallest absolute Gasteiger partial charge is 0.0547 e. The molecule has 0 saturated carbocycles. The first kappa shape index (κ1) is 30.1. The molecule has 0 fully saturated rings. The first-order valence-electron chi connectivity index (χ1n) is 18.9. The summed E-state index contributed by atoms with van der Waals surface area (Å²) in [5.74, 6) is 0. The molecule has 0 aliphatic carbocycles. The number of hydrogen-bond acceptors (Lipinski definition) is 0. The van der Waals surface area contributed by atoms with Crippen molar-refractivity contribution in [1.29, 1.82) is 0 Å². The number of hydrogen-bond donors (Lipinski definition) is 1. The van der Waals surface area contributed by atoms with Crippen LogP contribution in [-0.2, 0) is 0 Å². The maximum absolute atomic E-state index is 3.69. The van der Waals surface area contributed by atoms with Gasteiger partial charge in [-0.2, -0.15) is 0 Å². The van der Waals surface area contributed by atoms with Gasteiger partial charge < -0.3 is 14.1 Å². The molecule has 3 heterocycles. The highest BCUT2D eigenvalue weighted by atomic mass is 15.0. The van der Waals surface area contributed by atoms with Crippen LogP contribution in [0.2, 0.25) is 0 Å². The number of benzene rings is 9. The molecule has 12 rings (SSSR count). The third kappa shape index (κ3) is 4.50. The van der Waals surface area contributed by atoms with Gasteiger partial charge in [-0.15, -0.1) is 0 Å². The summed E-state index contributed by atoms with van der Waals surface area (Å²) in [6.45, 7) is 0. The van der Waals surface area contributed by atoms with Crippen LogP contribution in [0.15, 0.2) is 194 Å². The average Bonchev–Trinajstić information content (AvgIpc) is 3.91. The lowest BCUT2D eigenvalue weighted by atomic mass is 9.98. The summed E-state index contributed by atoms with van der Waals surface area (Å²) in [4.78, 5) is 3.69. The molecule has 1 N–H and O–H groups in total. The second-order valence-electron chi connectivity index (χ2n) is 14.6. The highest BCUT2D eigenvalue weighted by Crippen LogP contribution is 2.39. The average molecular weight is 700 g/mol. The molecule has 0 radical (unpaired) electrons. The molecule has 0 unspecified atom stereocenters. The molecule has 0 aliphatic heterocycles. The summed E-state index contributed by atoms with van der Waals surface area (Å²) < 4.78 is 4.83. The van der Waals surface area contributed by atoms with E-state index < -0.39 is 0 Å². The van der Waals surface area contributed by atoms with Gasteiger partial charge in [0.15, 0.2) is 0 Å². The molecule has 0 amide bonds. The summed E-state index contributed by atoms with van der Waals surface area (Å²) in [6, 6.07) is 71.0. The van der Waals surface area contributed by atoms with E-state index in [0.717, 1.165) is 5.69 Å². The fourth-order valence-corrected chi connectivity index (χ4v) is 9.09. The van der Waals surface area contributed by atoms with Gasteiger partial charge in [-0.25, -0.2) is 0 Å². The largest absolute Gasteiger partial charge is 0.354 e. The normalized spacial score (nSPS) is 12.0. The lowest BCUT2D eigenvalue weighted by Crippen LogP contribution is -1.94. The minimum atomic E-state index is 1.15. The molecule has 0 saturated heterocycles. The van der Waals surface area contributed by atoms with Crippen molar-refractivity contribution < 1.29 is 0 Å². The molecular formula is C52H33N3. The Labute approximate surface area is 316 Å². The van der Waals surface area contributed by atoms with Crippen molar-refractivity contribution in [2.24, 2.45) is 0 Å². The molecule has 0 atom stereocenters. The summed E-state index contributed by atoms with van der Waals surface area (Å²) in [5.41, 5.74) is 14.3. The minimum absolute atomic E-state index is 1.15. The molecule has 0 bridgehead atoms. The van der Waals surface area contributed by atoms with Gasteiger partial charge >= 0.3 is 0 Å². The summed E-state index contributed by atoms with van der Waals surface area (Å²) in [7, 11) is 0. The first-order valence-corrected chi connectivity index (χ1v) is 18.9. The van der Waals surface area contributed by atoms with Gasteiger partial charge in [-0.05, 0) is 88.1 Å². The molecular weight excluding hydrogens is 667 g/mol. The van der Waals surface area contributed by atoms with E-state index in [1.165, 1.54) is 104 Å². The number of aromatic nitrogens is 3. The second kappa shape index (κ2) is 11.6. The van der Waals surface area contributed by atoms with Crippen LogP contribution in [0.5, 0.6) is 0 Å². The third-order valence-electron chi connectivity index (χ3n) is 11.6. The highest BCUT2D eigenvalue weighted by molar-refractivity contribution is 6.14. The molecule has 3 aromatic heterocycles. The van der Waals surface area contributed by atoms with Crippen molar-refractivity contribution in [3.8, 4) is 33.6 Å². The Hall–Kier alpha value is -7.36. The molecule has 256 valence electrons. The van der Waals surface area contributed by atoms with E-state index in [4.69, 9.17) is 0 Å². The van der Waals surface area contributed by atoms with E-state index >= 15 is 0 Å². The van der Waals surface area contributed by atoms with Crippen molar-refractivity contribution >= 4 is 76.2 Å². The predicted molar refractivity (Wildman–Crippen MR) is 233 cm³/mol. The summed E-state index contributed by atoms with van der Waals surface area (Å²) in [5, 5.41) is 9.98. The van der Waals surface area contributed by atoms with Crippen LogP contribution in [0.25, 0.3) is 110 Å². The number of rotatable bonds is 4. The van der Waals surface area contributed by atoms with Crippen LogP contribution in [0, 0.1) is 0 Å². The van der Waals surface area contributed by atoms with Crippen molar-refractivity contribution in [2.45, 2.75) is 0 Å². The van der Waals surface area contributed by atoms with Crippen molar-refractivity contribution in [3.63, 3.8) is 0 Å². The zero-order chi connectivity index (χ0) is 36.0. The van der Waals surface area contributed by atoms with Crippen LogP contribution in [0.4, 0.5) is 0 Å². The maximum atomic E-state index is 3.69. The molecule has 3 nitrogen and oxygen atoms in total. The molecule has 3 heteroatoms. The van der Waals surface area contributed by atoms with Crippen LogP contribution >= 0.6 is 0 Å². The van der Waals surface area contributed by atoms with Crippen molar-refractivity contribution in [2.75, 3.05) is 0 Å². The number of para-hydroxylation sites is 5. The van der Waals surface area contributed by atoms with Gasteiger partial charge in [0.2, 0.25) is 0 Å². The van der Waals surface area contributed by atoms with Gasteiger partial charge in [0.1, 0.15) is 0 Å². The third-order valence-corrected chi connectivity index (χ3v) is 11.6. The summed E-state index contributed by atoms with van der Waals surface area (Å²) >= 11 is 0. The Morgan fingerprint density at radius 1 is 0.309 bits per heavy atom. The molecule has 9 aromatic carbocycles. The molecule has 0 aliphatic rings. The van der Waals surface area contributed by atoms with Gasteiger partial charge in [-0.1, -0.05) is 133 Å². The van der Waals surface area contributed by atoms with Crippen molar-refractivity contribution in [1.82, 2.24) is 14.1 Å². The van der Waals surface area contributed by atoms with Gasteiger partial charge in [0, 0.05) is 54.8 Å². The zero-order valence-electron chi connectivity index (χ0n) is 29.9. The Bertz CT molecular complexity index is 3490. The Morgan fingerprint density at radius 3 is 1.58 bits per heavy atom. The van der Waals surface area contributed by atoms with Gasteiger partial charge in [0.25, 0.3) is 0 Å². The molecule has 55 heavy (non-hydrogen) atoms. The van der Waals surface area contributed by atoms with Crippen LogP contribution in [-0.4, -0.2) is 14.1 Å². The number of aromatic amines is 1. The Balaban J connectivity index is 1.01. The van der Waals surface area contributed by atoms with E-state index in [0.29, 0.717) is 0 Å². The maximum Gasteiger partial charge on any atom is 0.0547 e. The van der Waals surface area contributed by atoms with Crippen LogP contribution in [0.3, 0.4) is 0 Å². The van der Waals surface area contributed by atoms with Gasteiger partial charge in [-0.3, -0.25) is 0 Å². The van der Waals surface area contributed by atoms with Crippen LogP contribution in [0.1, 0.15) is 0 Å². The zero-order valence-corrected chi connectivity index (χ0v) is 29.9. The fourth-order valence-electron chi connectivity index (χ4n) is 9.09. The standard InChI is InChI=1S/C52H33N3/c1-2-11-38(12-3-1)54-48-19-8-5-14-42(48)44-27-24-35(31-50(44)54)36-25-28-45-43-15-6-9-20-49(43)55(51(45)32-36)39-26-23-33-29-37(22-21-34(33)30-39)40-16-10-17-46-41-13-4-7-18-47(41)53-52(40)46/h1-32,53H. The highest BCUT2D eigenvalue weighted by Gasteiger charge is 2.17. The number of H-pyrrole nitrogens is 1. The van der Waals surface area contributed by atoms with E-state index in [-0.39, 0.29) is 0 Å². The predicted octanol–water partition coefficient (Wildman–Crippen LogP) is 14.0. The van der Waals surface area contributed by atoms with E-state index in [9.17, 15) is 0 Å². The monoisotopic (exact) mass is 699 g/mol. The van der Waals surface area contributed by atoms with Gasteiger partial charge in [0.05, 0.1) is 27.6 Å². The fraction of sp³-hybridized carbons (Fsp3) is 0. The number of nitrogens with one attached hydrogen (secondary N) is 1. The van der Waals surface area contributed by atoms with Crippen LogP contribution < -0.4 is 0 Å². The lowest BCUT2D eigenvalue weighted by Gasteiger charge is -2.12. The van der Waals surface area contributed by atoms with E-state index in [1.54, 1.807) is 0 Å². The van der Waals surface area contributed by atoms with E-state index in [2.05, 4.69) is 208 Å². The topological polar surface area (TPSA) is 25.6 Å². The molecule has 0 spiro atoms. The summed E-state index contributed by atoms with van der Waals surface area (Å²) in [6.07, 6.45) is 0. The van der Waals surface area contributed by atoms with E-state index in [1.807, 2.05) is 0 Å². The Morgan fingerprint density at radius 2 is 0.855 bits per heavy atom. The number of fused-ring (bicyclic) bond motifs is 10. The van der Waals surface area contributed by atoms with Crippen molar-refractivity contribution in [3.05, 3.63) is 194 Å². The SMILES string of the molecule is c1ccc(-n2c3ccccc3c3ccc(-c4ccc5c6ccccc6n(-c6ccc7cc(-c8cccc9c8[nH]c8ccccc89)ccc7c6)c5c4)cc32)cc1. The number of nitrogens with zero attached hydrogens (tertiary/aromatic N) is 2. The minimum Gasteiger partial charge on any atom is -0.354 e. The Kier molecular flexibility index (Phi) is 6.34. The first-order chi connectivity index (χ1) is 27.3. The quantitative estimate of drug-likeness (QED) is 0.189. The second-order valence-corrected chi connectivity index (χ2v) is 14.6. The molecule has 12 aromatic rings.